The first-order chi connectivity index (χ1) is 12.5. The number of hydrogen-bond donors (Lipinski definition) is 1. The van der Waals surface area contributed by atoms with Gasteiger partial charge < -0.3 is 19.5 Å². The molecule has 0 saturated carbocycles. The van der Waals surface area contributed by atoms with E-state index in [1.165, 1.54) is 19.2 Å². The molecule has 26 heavy (non-hydrogen) atoms. The van der Waals surface area contributed by atoms with Gasteiger partial charge in [0.15, 0.2) is 18.1 Å². The Bertz CT molecular complexity index is 790. The van der Waals surface area contributed by atoms with E-state index in [-0.39, 0.29) is 21.3 Å². The lowest BCUT2D eigenvalue weighted by atomic mass is 10.2. The average molecular weight is 398 g/mol. The Hall–Kier alpha value is -2.44. The van der Waals surface area contributed by atoms with E-state index >= 15 is 0 Å². The van der Waals surface area contributed by atoms with E-state index in [9.17, 15) is 9.59 Å². The maximum absolute atomic E-state index is 12.1. The third-order valence-electron chi connectivity index (χ3n) is 3.26. The van der Waals surface area contributed by atoms with E-state index in [0.717, 1.165) is 0 Å². The highest BCUT2D eigenvalue weighted by molar-refractivity contribution is 6.39. The molecule has 2 aromatic rings. The SMILES string of the molecule is CCOc1ccc(C(=O)OCC(=O)Nc2c(Cl)cccc2Cl)cc1OC. The third-order valence-corrected chi connectivity index (χ3v) is 3.89. The molecule has 8 heteroatoms. The summed E-state index contributed by atoms with van der Waals surface area (Å²) >= 11 is 11.9. The number of carbonyl (C=O) groups is 2. The van der Waals surface area contributed by atoms with Gasteiger partial charge in [0.2, 0.25) is 0 Å². The number of esters is 1. The highest BCUT2D eigenvalue weighted by Crippen LogP contribution is 2.30. The van der Waals surface area contributed by atoms with E-state index in [0.29, 0.717) is 18.1 Å². The van der Waals surface area contributed by atoms with Crippen LogP contribution in [0.4, 0.5) is 5.69 Å². The number of methoxy groups -OCH3 is 1. The monoisotopic (exact) mass is 397 g/mol. The van der Waals surface area contributed by atoms with Crippen LogP contribution >= 0.6 is 23.2 Å². The van der Waals surface area contributed by atoms with Crippen LogP contribution in [-0.4, -0.2) is 32.2 Å². The van der Waals surface area contributed by atoms with Crippen LogP contribution in [0.1, 0.15) is 17.3 Å². The Morgan fingerprint density at radius 2 is 1.77 bits per heavy atom. The van der Waals surface area contributed by atoms with Crippen molar-refractivity contribution in [1.29, 1.82) is 0 Å². The van der Waals surface area contributed by atoms with Crippen LogP contribution in [0.25, 0.3) is 0 Å². The van der Waals surface area contributed by atoms with Gasteiger partial charge in [0, 0.05) is 0 Å². The van der Waals surface area contributed by atoms with Crippen molar-refractivity contribution in [3.05, 3.63) is 52.0 Å². The molecule has 0 unspecified atom stereocenters. The Morgan fingerprint density at radius 3 is 2.38 bits per heavy atom. The number of ether oxygens (including phenoxy) is 3. The second-order valence-electron chi connectivity index (χ2n) is 5.02. The summed E-state index contributed by atoms with van der Waals surface area (Å²) in [5.41, 5.74) is 0.494. The van der Waals surface area contributed by atoms with E-state index in [1.54, 1.807) is 24.3 Å². The molecule has 0 fully saturated rings. The Balaban J connectivity index is 1.99. The second-order valence-corrected chi connectivity index (χ2v) is 5.83. The van der Waals surface area contributed by atoms with E-state index in [4.69, 9.17) is 37.4 Å². The standard InChI is InChI=1S/C18H17Cl2NO5/c1-3-25-14-8-7-11(9-15(14)24-2)18(23)26-10-16(22)21-17-12(19)5-4-6-13(17)20/h4-9H,3,10H2,1-2H3,(H,21,22). The lowest BCUT2D eigenvalue weighted by Gasteiger charge is -2.11. The zero-order valence-corrected chi connectivity index (χ0v) is 15.7. The Labute approximate surface area is 160 Å². The molecule has 0 atom stereocenters. The van der Waals surface area contributed by atoms with Crippen LogP contribution in [-0.2, 0) is 9.53 Å². The fraction of sp³-hybridized carbons (Fsp3) is 0.222. The number of amides is 1. The van der Waals surface area contributed by atoms with Crippen molar-refractivity contribution in [2.75, 3.05) is 25.6 Å². The topological polar surface area (TPSA) is 73.9 Å². The molecule has 0 aromatic heterocycles. The largest absolute Gasteiger partial charge is 0.493 e. The minimum atomic E-state index is -0.674. The zero-order valence-electron chi connectivity index (χ0n) is 14.2. The van der Waals surface area contributed by atoms with Crippen LogP contribution in [0, 0.1) is 0 Å². The predicted octanol–water partition coefficient (Wildman–Crippen LogP) is 4.20. The van der Waals surface area contributed by atoms with Gasteiger partial charge in [-0.25, -0.2) is 4.79 Å². The molecule has 0 saturated heterocycles. The number of nitrogens with one attached hydrogen (secondary N) is 1. The minimum absolute atomic E-state index is 0.230. The summed E-state index contributed by atoms with van der Waals surface area (Å²) in [6.07, 6.45) is 0. The first-order valence-corrected chi connectivity index (χ1v) is 8.43. The van der Waals surface area contributed by atoms with E-state index in [2.05, 4.69) is 5.32 Å². The highest BCUT2D eigenvalue weighted by atomic mass is 35.5. The first kappa shape index (κ1) is 19.9. The summed E-state index contributed by atoms with van der Waals surface area (Å²) in [5, 5.41) is 3.08. The van der Waals surface area contributed by atoms with Crippen molar-refractivity contribution >= 4 is 40.8 Å². The van der Waals surface area contributed by atoms with Gasteiger partial charge >= 0.3 is 5.97 Å². The average Bonchev–Trinajstić information content (AvgIpc) is 2.63. The molecular weight excluding hydrogens is 381 g/mol. The molecule has 6 nitrogen and oxygen atoms in total. The normalized spacial score (nSPS) is 10.2. The van der Waals surface area contributed by atoms with Crippen molar-refractivity contribution in [2.24, 2.45) is 0 Å². The highest BCUT2D eigenvalue weighted by Gasteiger charge is 2.15. The molecule has 2 aromatic carbocycles. The smallest absolute Gasteiger partial charge is 0.338 e. The fourth-order valence-electron chi connectivity index (χ4n) is 2.08. The molecule has 138 valence electrons. The quantitative estimate of drug-likeness (QED) is 0.708. The van der Waals surface area contributed by atoms with Crippen molar-refractivity contribution < 1.29 is 23.8 Å². The molecule has 0 spiro atoms. The Morgan fingerprint density at radius 1 is 1.08 bits per heavy atom. The minimum Gasteiger partial charge on any atom is -0.493 e. The molecule has 0 aliphatic rings. The molecule has 1 N–H and O–H groups in total. The van der Waals surface area contributed by atoms with E-state index < -0.39 is 18.5 Å². The second kappa shape index (κ2) is 9.31. The summed E-state index contributed by atoms with van der Waals surface area (Å²) < 4.78 is 15.6. The lowest BCUT2D eigenvalue weighted by Crippen LogP contribution is -2.21. The number of para-hydroxylation sites is 1. The Kier molecular flexibility index (Phi) is 7.12. The molecule has 2 rings (SSSR count). The molecule has 0 heterocycles. The molecule has 0 aliphatic carbocycles. The van der Waals surface area contributed by atoms with Crippen molar-refractivity contribution in [1.82, 2.24) is 0 Å². The summed E-state index contributed by atoms with van der Waals surface area (Å²) in [6.45, 7) is 1.81. The molecule has 0 bridgehead atoms. The molecule has 1 amide bonds. The summed E-state index contributed by atoms with van der Waals surface area (Å²) in [4.78, 5) is 24.1. The molecular formula is C18H17Cl2NO5. The maximum Gasteiger partial charge on any atom is 0.338 e. The van der Waals surface area contributed by atoms with Gasteiger partial charge in [0.05, 0.1) is 35.0 Å². The van der Waals surface area contributed by atoms with Crippen LogP contribution in [0.5, 0.6) is 11.5 Å². The lowest BCUT2D eigenvalue weighted by molar-refractivity contribution is -0.119. The van der Waals surface area contributed by atoms with Gasteiger partial charge in [-0.2, -0.15) is 0 Å². The summed E-state index contributed by atoms with van der Waals surface area (Å²) in [7, 11) is 1.47. The van der Waals surface area contributed by atoms with Gasteiger partial charge in [0.1, 0.15) is 0 Å². The third kappa shape index (κ3) is 5.03. The van der Waals surface area contributed by atoms with Gasteiger partial charge in [0.25, 0.3) is 5.91 Å². The van der Waals surface area contributed by atoms with Gasteiger partial charge in [-0.3, -0.25) is 4.79 Å². The van der Waals surface area contributed by atoms with Crippen LogP contribution in [0.2, 0.25) is 10.0 Å². The maximum atomic E-state index is 12.1. The summed E-state index contributed by atoms with van der Waals surface area (Å²) in [6, 6.07) is 9.43. The summed E-state index contributed by atoms with van der Waals surface area (Å²) in [5.74, 6) is -0.329. The predicted molar refractivity (Wildman–Crippen MR) is 99.5 cm³/mol. The molecule has 0 aliphatic heterocycles. The number of carbonyl (C=O) groups excluding carboxylic acids is 2. The zero-order chi connectivity index (χ0) is 19.1. The number of anilines is 1. The first-order valence-electron chi connectivity index (χ1n) is 7.68. The number of rotatable bonds is 7. The van der Waals surface area contributed by atoms with Crippen molar-refractivity contribution in [3.8, 4) is 11.5 Å². The number of hydrogen-bond acceptors (Lipinski definition) is 5. The van der Waals surface area contributed by atoms with Gasteiger partial charge in [-0.05, 0) is 37.3 Å². The van der Waals surface area contributed by atoms with Crippen LogP contribution < -0.4 is 14.8 Å². The molecule has 0 radical (unpaired) electrons. The van der Waals surface area contributed by atoms with Gasteiger partial charge in [-0.15, -0.1) is 0 Å². The van der Waals surface area contributed by atoms with Gasteiger partial charge in [-0.1, -0.05) is 29.3 Å². The number of benzene rings is 2. The van der Waals surface area contributed by atoms with Crippen LogP contribution in [0.15, 0.2) is 36.4 Å². The van der Waals surface area contributed by atoms with Crippen LogP contribution in [0.3, 0.4) is 0 Å². The fourth-order valence-corrected chi connectivity index (χ4v) is 2.57. The number of halogens is 2. The van der Waals surface area contributed by atoms with E-state index in [1.807, 2.05) is 6.92 Å². The van der Waals surface area contributed by atoms with Crippen molar-refractivity contribution in [3.63, 3.8) is 0 Å². The van der Waals surface area contributed by atoms with Crippen molar-refractivity contribution in [2.45, 2.75) is 6.92 Å².